The number of nitrogens with one attached hydrogen (secondary N) is 2. The molecule has 0 aliphatic carbocycles. The molecule has 0 saturated carbocycles. The Morgan fingerprint density at radius 2 is 1.63 bits per heavy atom. The summed E-state index contributed by atoms with van der Waals surface area (Å²) in [7, 11) is 0. The first kappa shape index (κ1) is 18.8. The summed E-state index contributed by atoms with van der Waals surface area (Å²) >= 11 is 1.31. The Labute approximate surface area is 162 Å². The fourth-order valence-corrected chi connectivity index (χ4v) is 3.62. The maximum Gasteiger partial charge on any atom is 0.281 e. The van der Waals surface area contributed by atoms with Gasteiger partial charge in [-0.1, -0.05) is 60.7 Å². The molecular formula is C21H21N3O2S. The maximum atomic E-state index is 12.4. The SMILES string of the molecule is Cc1nc(-c2ccccc2)sc1C(=O)NNC(=O)CCCc1ccccc1. The second-order valence-corrected chi connectivity index (χ2v) is 7.14. The Morgan fingerprint density at radius 3 is 2.33 bits per heavy atom. The molecule has 0 unspecified atom stereocenters. The number of nitrogens with zero attached hydrogens (tertiary/aromatic N) is 1. The lowest BCUT2D eigenvalue weighted by molar-refractivity contribution is -0.121. The van der Waals surface area contributed by atoms with Crippen LogP contribution < -0.4 is 10.9 Å². The van der Waals surface area contributed by atoms with Crippen molar-refractivity contribution in [1.29, 1.82) is 0 Å². The van der Waals surface area contributed by atoms with Gasteiger partial charge < -0.3 is 0 Å². The van der Waals surface area contributed by atoms with Gasteiger partial charge in [-0.2, -0.15) is 0 Å². The predicted molar refractivity (Wildman–Crippen MR) is 107 cm³/mol. The molecule has 6 heteroatoms. The largest absolute Gasteiger partial charge is 0.281 e. The number of hydrazine groups is 1. The van der Waals surface area contributed by atoms with E-state index in [0.29, 0.717) is 17.0 Å². The molecule has 0 radical (unpaired) electrons. The van der Waals surface area contributed by atoms with Crippen LogP contribution in [-0.4, -0.2) is 16.8 Å². The molecule has 0 aliphatic heterocycles. The molecule has 1 aromatic heterocycles. The van der Waals surface area contributed by atoms with E-state index in [1.54, 1.807) is 6.92 Å². The minimum Gasteiger partial charge on any atom is -0.273 e. The number of aryl methyl sites for hydroxylation is 2. The third-order valence-electron chi connectivity index (χ3n) is 4.05. The number of thiazole rings is 1. The fraction of sp³-hybridized carbons (Fsp3) is 0.190. The Balaban J connectivity index is 1.49. The van der Waals surface area contributed by atoms with Gasteiger partial charge in [0.2, 0.25) is 5.91 Å². The van der Waals surface area contributed by atoms with E-state index in [1.165, 1.54) is 16.9 Å². The molecule has 2 N–H and O–H groups in total. The van der Waals surface area contributed by atoms with E-state index in [4.69, 9.17) is 0 Å². The van der Waals surface area contributed by atoms with Crippen molar-refractivity contribution in [3.63, 3.8) is 0 Å². The Kier molecular flexibility index (Phi) is 6.33. The number of benzene rings is 2. The van der Waals surface area contributed by atoms with Crippen LogP contribution in [0.1, 0.15) is 33.8 Å². The molecular weight excluding hydrogens is 358 g/mol. The van der Waals surface area contributed by atoms with Crippen LogP contribution in [0, 0.1) is 6.92 Å². The summed E-state index contributed by atoms with van der Waals surface area (Å²) in [5.74, 6) is -0.548. The molecule has 0 saturated heterocycles. The molecule has 3 aromatic rings. The highest BCUT2D eigenvalue weighted by Gasteiger charge is 2.16. The first-order valence-electron chi connectivity index (χ1n) is 8.79. The van der Waals surface area contributed by atoms with Crippen LogP contribution in [0.5, 0.6) is 0 Å². The van der Waals surface area contributed by atoms with Gasteiger partial charge in [-0.05, 0) is 25.3 Å². The molecule has 0 aliphatic rings. The zero-order valence-electron chi connectivity index (χ0n) is 15.1. The second kappa shape index (κ2) is 9.09. The number of aromatic nitrogens is 1. The molecule has 5 nitrogen and oxygen atoms in total. The highest BCUT2D eigenvalue weighted by molar-refractivity contribution is 7.17. The van der Waals surface area contributed by atoms with Crippen LogP contribution in [0.3, 0.4) is 0 Å². The molecule has 1 heterocycles. The van der Waals surface area contributed by atoms with Gasteiger partial charge in [0, 0.05) is 12.0 Å². The number of carbonyl (C=O) groups is 2. The van der Waals surface area contributed by atoms with Crippen molar-refractivity contribution in [2.75, 3.05) is 0 Å². The number of hydrogen-bond acceptors (Lipinski definition) is 4. The predicted octanol–water partition coefficient (Wildman–Crippen LogP) is 3.90. The smallest absolute Gasteiger partial charge is 0.273 e. The summed E-state index contributed by atoms with van der Waals surface area (Å²) in [5.41, 5.74) is 7.78. The average molecular weight is 379 g/mol. The maximum absolute atomic E-state index is 12.4. The van der Waals surface area contributed by atoms with Gasteiger partial charge >= 0.3 is 0 Å². The standard InChI is InChI=1S/C21H21N3O2S/c1-15-19(27-21(22-15)17-12-6-3-7-13-17)20(26)24-23-18(25)14-8-11-16-9-4-2-5-10-16/h2-7,9-10,12-13H,8,11,14H2,1H3,(H,23,25)(H,24,26). The quantitative estimate of drug-likeness (QED) is 0.638. The highest BCUT2D eigenvalue weighted by Crippen LogP contribution is 2.27. The number of hydrogen-bond donors (Lipinski definition) is 2. The van der Waals surface area contributed by atoms with Gasteiger partial charge in [-0.15, -0.1) is 11.3 Å². The fourth-order valence-electron chi connectivity index (χ4n) is 2.65. The molecule has 2 amide bonds. The van der Waals surface area contributed by atoms with E-state index < -0.39 is 0 Å². The van der Waals surface area contributed by atoms with Crippen LogP contribution >= 0.6 is 11.3 Å². The van der Waals surface area contributed by atoms with Gasteiger partial charge in [-0.3, -0.25) is 20.4 Å². The Hall–Kier alpha value is -2.99. The van der Waals surface area contributed by atoms with Crippen molar-refractivity contribution in [3.05, 3.63) is 76.8 Å². The Bertz CT molecular complexity index is 908. The number of rotatable bonds is 6. The molecule has 0 atom stereocenters. The lowest BCUT2D eigenvalue weighted by atomic mass is 10.1. The van der Waals surface area contributed by atoms with E-state index in [9.17, 15) is 9.59 Å². The van der Waals surface area contributed by atoms with E-state index in [-0.39, 0.29) is 11.8 Å². The first-order chi connectivity index (χ1) is 13.1. The van der Waals surface area contributed by atoms with Gasteiger partial charge in [0.15, 0.2) is 0 Å². The summed E-state index contributed by atoms with van der Waals surface area (Å²) < 4.78 is 0. The van der Waals surface area contributed by atoms with E-state index in [2.05, 4.69) is 15.8 Å². The van der Waals surface area contributed by atoms with Gasteiger partial charge in [0.25, 0.3) is 5.91 Å². The zero-order valence-corrected chi connectivity index (χ0v) is 15.9. The van der Waals surface area contributed by atoms with E-state index in [0.717, 1.165) is 23.4 Å². The lowest BCUT2D eigenvalue weighted by Gasteiger charge is -2.06. The van der Waals surface area contributed by atoms with Crippen molar-refractivity contribution in [2.45, 2.75) is 26.2 Å². The van der Waals surface area contributed by atoms with Crippen LogP contribution in [0.2, 0.25) is 0 Å². The van der Waals surface area contributed by atoms with Crippen molar-refractivity contribution >= 4 is 23.2 Å². The van der Waals surface area contributed by atoms with Gasteiger partial charge in [-0.25, -0.2) is 4.98 Å². The number of amides is 2. The monoisotopic (exact) mass is 379 g/mol. The van der Waals surface area contributed by atoms with Crippen LogP contribution in [-0.2, 0) is 11.2 Å². The average Bonchev–Trinajstić information content (AvgIpc) is 3.09. The van der Waals surface area contributed by atoms with Crippen molar-refractivity contribution in [2.24, 2.45) is 0 Å². The number of carbonyl (C=O) groups excluding carboxylic acids is 2. The first-order valence-corrected chi connectivity index (χ1v) is 9.61. The van der Waals surface area contributed by atoms with Gasteiger partial charge in [0.1, 0.15) is 9.88 Å². The zero-order chi connectivity index (χ0) is 19.1. The van der Waals surface area contributed by atoms with Gasteiger partial charge in [0.05, 0.1) is 5.69 Å². The minimum atomic E-state index is -0.344. The van der Waals surface area contributed by atoms with Crippen LogP contribution in [0.15, 0.2) is 60.7 Å². The highest BCUT2D eigenvalue weighted by atomic mass is 32.1. The molecule has 3 rings (SSSR count). The van der Waals surface area contributed by atoms with E-state index >= 15 is 0 Å². The summed E-state index contributed by atoms with van der Waals surface area (Å²) in [5, 5.41) is 0.785. The lowest BCUT2D eigenvalue weighted by Crippen LogP contribution is -2.41. The van der Waals surface area contributed by atoms with E-state index in [1.807, 2.05) is 60.7 Å². The molecule has 0 spiro atoms. The molecule has 27 heavy (non-hydrogen) atoms. The topological polar surface area (TPSA) is 71.1 Å². The summed E-state index contributed by atoms with van der Waals surface area (Å²) in [4.78, 5) is 29.3. The third-order valence-corrected chi connectivity index (χ3v) is 5.26. The summed E-state index contributed by atoms with van der Waals surface area (Å²) in [6.07, 6.45) is 1.91. The van der Waals surface area contributed by atoms with Crippen molar-refractivity contribution < 1.29 is 9.59 Å². The molecule has 0 bridgehead atoms. The van der Waals surface area contributed by atoms with Crippen molar-refractivity contribution in [3.8, 4) is 10.6 Å². The molecule has 2 aromatic carbocycles. The normalized spacial score (nSPS) is 10.4. The Morgan fingerprint density at radius 1 is 0.963 bits per heavy atom. The van der Waals surface area contributed by atoms with Crippen LogP contribution in [0.4, 0.5) is 0 Å². The van der Waals surface area contributed by atoms with Crippen LogP contribution in [0.25, 0.3) is 10.6 Å². The van der Waals surface area contributed by atoms with Crippen molar-refractivity contribution in [1.82, 2.24) is 15.8 Å². The molecule has 0 fully saturated rings. The summed E-state index contributed by atoms with van der Waals surface area (Å²) in [6, 6.07) is 19.7. The summed E-state index contributed by atoms with van der Waals surface area (Å²) in [6.45, 7) is 1.79. The minimum absolute atomic E-state index is 0.204. The second-order valence-electron chi connectivity index (χ2n) is 6.14. The third kappa shape index (κ3) is 5.24. The molecule has 138 valence electrons.